The second kappa shape index (κ2) is 8.26. The molecule has 0 aliphatic heterocycles. The summed E-state index contributed by atoms with van der Waals surface area (Å²) >= 11 is 5.92. The van der Waals surface area contributed by atoms with Gasteiger partial charge in [0.05, 0.1) is 29.2 Å². The first-order valence-corrected chi connectivity index (χ1v) is 10.7. The summed E-state index contributed by atoms with van der Waals surface area (Å²) in [6, 6.07) is 13.1. The Balaban J connectivity index is 1.95. The molecule has 1 heterocycles. The number of sulfonamides is 1. The predicted molar refractivity (Wildman–Crippen MR) is 111 cm³/mol. The van der Waals surface area contributed by atoms with Gasteiger partial charge in [0.25, 0.3) is 10.0 Å². The topological polar surface area (TPSA) is 90.3 Å². The van der Waals surface area contributed by atoms with Gasteiger partial charge in [0.15, 0.2) is 0 Å². The summed E-state index contributed by atoms with van der Waals surface area (Å²) in [6.07, 6.45) is 0. The standard InChI is InChI=1S/C20H20ClN3O4S/c1-4-28-20(25)15-6-5-7-17(12-15)23-29(26,27)19-13(2)22-24(14(19)3)18-10-8-16(21)9-11-18/h5-12,23H,4H2,1-3H3. The van der Waals surface area contributed by atoms with E-state index < -0.39 is 16.0 Å². The Kier molecular flexibility index (Phi) is 5.95. The molecule has 9 heteroatoms. The van der Waals surface area contributed by atoms with Crippen molar-refractivity contribution in [3.05, 3.63) is 70.5 Å². The van der Waals surface area contributed by atoms with E-state index in [1.165, 1.54) is 6.07 Å². The van der Waals surface area contributed by atoms with Gasteiger partial charge in [-0.1, -0.05) is 17.7 Å². The summed E-state index contributed by atoms with van der Waals surface area (Å²) in [5.41, 5.74) is 2.03. The molecule has 0 amide bonds. The Labute approximate surface area is 174 Å². The maximum Gasteiger partial charge on any atom is 0.338 e. The third-order valence-electron chi connectivity index (χ3n) is 4.19. The molecule has 3 aromatic rings. The van der Waals surface area contributed by atoms with Gasteiger partial charge in [-0.15, -0.1) is 0 Å². The number of ether oxygens (including phenoxy) is 1. The van der Waals surface area contributed by atoms with Gasteiger partial charge in [-0.2, -0.15) is 5.10 Å². The molecule has 0 atom stereocenters. The average Bonchev–Trinajstić information content (AvgIpc) is 2.97. The largest absolute Gasteiger partial charge is 0.462 e. The van der Waals surface area contributed by atoms with Gasteiger partial charge in [-0.05, 0) is 63.2 Å². The minimum absolute atomic E-state index is 0.0778. The van der Waals surface area contributed by atoms with Crippen LogP contribution in [0.5, 0.6) is 0 Å². The van der Waals surface area contributed by atoms with Crippen molar-refractivity contribution in [1.82, 2.24) is 9.78 Å². The third-order valence-corrected chi connectivity index (χ3v) is 6.08. The molecule has 2 aromatic carbocycles. The zero-order valence-corrected chi connectivity index (χ0v) is 17.7. The number of hydrogen-bond donors (Lipinski definition) is 1. The summed E-state index contributed by atoms with van der Waals surface area (Å²) in [5, 5.41) is 4.94. The van der Waals surface area contributed by atoms with Crippen molar-refractivity contribution in [3.8, 4) is 5.69 Å². The van der Waals surface area contributed by atoms with E-state index in [0.717, 1.165) is 0 Å². The fourth-order valence-corrected chi connectivity index (χ4v) is 4.55. The highest BCUT2D eigenvalue weighted by atomic mass is 35.5. The number of rotatable bonds is 6. The number of nitrogens with zero attached hydrogens (tertiary/aromatic N) is 2. The molecule has 1 N–H and O–H groups in total. The molecule has 29 heavy (non-hydrogen) atoms. The number of esters is 1. The van der Waals surface area contributed by atoms with Crippen LogP contribution >= 0.6 is 11.6 Å². The predicted octanol–water partition coefficient (Wildman–Crippen LogP) is 4.12. The fraction of sp³-hybridized carbons (Fsp3) is 0.200. The van der Waals surface area contributed by atoms with Gasteiger partial charge in [0.1, 0.15) is 4.90 Å². The van der Waals surface area contributed by atoms with Crippen molar-refractivity contribution in [2.24, 2.45) is 0 Å². The van der Waals surface area contributed by atoms with E-state index in [2.05, 4.69) is 9.82 Å². The van der Waals surface area contributed by atoms with E-state index in [4.69, 9.17) is 16.3 Å². The zero-order valence-electron chi connectivity index (χ0n) is 16.1. The van der Waals surface area contributed by atoms with E-state index in [9.17, 15) is 13.2 Å². The highest BCUT2D eigenvalue weighted by Crippen LogP contribution is 2.26. The first kappa shape index (κ1) is 20.9. The molecule has 1 aromatic heterocycles. The number of anilines is 1. The lowest BCUT2D eigenvalue weighted by Crippen LogP contribution is -2.15. The van der Waals surface area contributed by atoms with Gasteiger partial charge in [0.2, 0.25) is 0 Å². The molecule has 0 bridgehead atoms. The Bertz CT molecular complexity index is 1150. The lowest BCUT2D eigenvalue weighted by atomic mass is 10.2. The molecular weight excluding hydrogens is 414 g/mol. The van der Waals surface area contributed by atoms with E-state index in [0.29, 0.717) is 22.1 Å². The number of carbonyl (C=O) groups is 1. The normalized spacial score (nSPS) is 11.3. The second-order valence-electron chi connectivity index (χ2n) is 6.29. The van der Waals surface area contributed by atoms with Crippen molar-refractivity contribution in [2.45, 2.75) is 25.7 Å². The number of nitrogens with one attached hydrogen (secondary N) is 1. The Morgan fingerprint density at radius 2 is 1.86 bits per heavy atom. The first-order valence-electron chi connectivity index (χ1n) is 8.85. The van der Waals surface area contributed by atoms with Crippen LogP contribution in [0.3, 0.4) is 0 Å². The molecule has 7 nitrogen and oxygen atoms in total. The molecular formula is C20H20ClN3O4S. The first-order chi connectivity index (χ1) is 13.7. The quantitative estimate of drug-likeness (QED) is 0.590. The second-order valence-corrected chi connectivity index (χ2v) is 8.35. The Morgan fingerprint density at radius 1 is 1.17 bits per heavy atom. The van der Waals surface area contributed by atoms with Crippen LogP contribution in [0.15, 0.2) is 53.4 Å². The molecule has 0 fully saturated rings. The van der Waals surface area contributed by atoms with Crippen LogP contribution in [0, 0.1) is 13.8 Å². The van der Waals surface area contributed by atoms with E-state index in [1.54, 1.807) is 67.9 Å². The van der Waals surface area contributed by atoms with Gasteiger partial charge in [0, 0.05) is 10.7 Å². The lowest BCUT2D eigenvalue weighted by molar-refractivity contribution is 0.0526. The molecule has 0 saturated heterocycles. The number of benzene rings is 2. The highest BCUT2D eigenvalue weighted by molar-refractivity contribution is 7.92. The van der Waals surface area contributed by atoms with Crippen LogP contribution in [0.1, 0.15) is 28.7 Å². The van der Waals surface area contributed by atoms with Crippen molar-refractivity contribution in [3.63, 3.8) is 0 Å². The Morgan fingerprint density at radius 3 is 2.52 bits per heavy atom. The monoisotopic (exact) mass is 433 g/mol. The molecule has 0 aliphatic rings. The van der Waals surface area contributed by atoms with Gasteiger partial charge < -0.3 is 4.74 Å². The molecule has 0 aliphatic carbocycles. The minimum Gasteiger partial charge on any atom is -0.462 e. The number of hydrogen-bond acceptors (Lipinski definition) is 5. The molecule has 0 saturated carbocycles. The van der Waals surface area contributed by atoms with Crippen LogP contribution in [0.2, 0.25) is 5.02 Å². The average molecular weight is 434 g/mol. The van der Waals surface area contributed by atoms with E-state index >= 15 is 0 Å². The van der Waals surface area contributed by atoms with Crippen molar-refractivity contribution >= 4 is 33.3 Å². The summed E-state index contributed by atoms with van der Waals surface area (Å²) in [6.45, 7) is 5.24. The number of aryl methyl sites for hydroxylation is 1. The van der Waals surface area contributed by atoms with Crippen molar-refractivity contribution in [1.29, 1.82) is 0 Å². The summed E-state index contributed by atoms with van der Waals surface area (Å²) in [5.74, 6) is -0.517. The third kappa shape index (κ3) is 4.44. The van der Waals surface area contributed by atoms with E-state index in [1.807, 2.05) is 0 Å². The molecule has 0 radical (unpaired) electrons. The maximum absolute atomic E-state index is 13.0. The van der Waals surface area contributed by atoms with E-state index in [-0.39, 0.29) is 22.8 Å². The number of carbonyl (C=O) groups excluding carboxylic acids is 1. The van der Waals surface area contributed by atoms with Crippen molar-refractivity contribution < 1.29 is 17.9 Å². The molecule has 3 rings (SSSR count). The van der Waals surface area contributed by atoms with Gasteiger partial charge in [-0.3, -0.25) is 4.72 Å². The number of aromatic nitrogens is 2. The van der Waals surface area contributed by atoms with Gasteiger partial charge in [-0.25, -0.2) is 17.9 Å². The summed E-state index contributed by atoms with van der Waals surface area (Å²) in [7, 11) is -3.94. The van der Waals surface area contributed by atoms with Gasteiger partial charge >= 0.3 is 5.97 Å². The zero-order chi connectivity index (χ0) is 21.2. The summed E-state index contributed by atoms with van der Waals surface area (Å²) in [4.78, 5) is 12.0. The molecule has 0 spiro atoms. The van der Waals surface area contributed by atoms with Crippen LogP contribution in [0.25, 0.3) is 5.69 Å². The van der Waals surface area contributed by atoms with Crippen LogP contribution in [-0.2, 0) is 14.8 Å². The SMILES string of the molecule is CCOC(=O)c1cccc(NS(=O)(=O)c2c(C)nn(-c3ccc(Cl)cc3)c2C)c1. The molecule has 152 valence electrons. The van der Waals surface area contributed by atoms with Crippen LogP contribution in [-0.4, -0.2) is 30.8 Å². The summed E-state index contributed by atoms with van der Waals surface area (Å²) < 4.78 is 35.1. The molecule has 0 unspecified atom stereocenters. The maximum atomic E-state index is 13.0. The smallest absolute Gasteiger partial charge is 0.338 e. The fourth-order valence-electron chi connectivity index (χ4n) is 2.98. The lowest BCUT2D eigenvalue weighted by Gasteiger charge is -2.10. The Hall–Kier alpha value is -2.84. The highest BCUT2D eigenvalue weighted by Gasteiger charge is 2.25. The number of halogens is 1. The van der Waals surface area contributed by atoms with Crippen LogP contribution < -0.4 is 4.72 Å². The minimum atomic E-state index is -3.94. The van der Waals surface area contributed by atoms with Crippen LogP contribution in [0.4, 0.5) is 5.69 Å². The van der Waals surface area contributed by atoms with Crippen molar-refractivity contribution in [2.75, 3.05) is 11.3 Å².